The lowest BCUT2D eigenvalue weighted by Crippen LogP contribution is -2.13. The lowest BCUT2D eigenvalue weighted by Gasteiger charge is -2.08. The quantitative estimate of drug-likeness (QED) is 0.724. The molecule has 0 saturated heterocycles. The molecule has 2 aromatic heterocycles. The van der Waals surface area contributed by atoms with Gasteiger partial charge in [-0.1, -0.05) is 23.7 Å². The van der Waals surface area contributed by atoms with E-state index in [-0.39, 0.29) is 5.91 Å². The number of carbonyl (C=O) groups is 1. The maximum atomic E-state index is 12.0. The molecule has 0 aliphatic heterocycles. The molecule has 0 saturated carbocycles. The third-order valence-electron chi connectivity index (χ3n) is 3.13. The number of nitrogens with zero attached hydrogens (tertiary/aromatic N) is 2. The van der Waals surface area contributed by atoms with Crippen LogP contribution < -0.4 is 5.32 Å². The molecular formula is C17H14ClN3O2. The summed E-state index contributed by atoms with van der Waals surface area (Å²) in [6, 6.07) is 12.8. The van der Waals surface area contributed by atoms with Crippen LogP contribution in [0.1, 0.15) is 11.3 Å². The molecule has 3 aromatic rings. The zero-order valence-electron chi connectivity index (χ0n) is 12.1. The number of halogens is 1. The Bertz CT molecular complexity index is 822. The number of furan rings is 1. The van der Waals surface area contributed by atoms with E-state index in [2.05, 4.69) is 10.4 Å². The topological polar surface area (TPSA) is 60.1 Å². The summed E-state index contributed by atoms with van der Waals surface area (Å²) >= 11 is 5.98. The molecule has 2 heterocycles. The van der Waals surface area contributed by atoms with Crippen LogP contribution >= 0.6 is 11.6 Å². The monoisotopic (exact) mass is 327 g/mol. The third kappa shape index (κ3) is 4.11. The minimum Gasteiger partial charge on any atom is -0.465 e. The Morgan fingerprint density at radius 1 is 1.30 bits per heavy atom. The first-order chi connectivity index (χ1) is 11.2. The minimum absolute atomic E-state index is 0.255. The molecule has 6 heteroatoms. The number of hydrogen-bond donors (Lipinski definition) is 1. The molecule has 1 amide bonds. The highest BCUT2D eigenvalue weighted by Crippen LogP contribution is 2.14. The Morgan fingerprint density at radius 3 is 3.00 bits per heavy atom. The van der Waals surface area contributed by atoms with E-state index in [0.29, 0.717) is 23.1 Å². The first-order valence-corrected chi connectivity index (χ1v) is 7.37. The van der Waals surface area contributed by atoms with E-state index in [4.69, 9.17) is 16.0 Å². The van der Waals surface area contributed by atoms with E-state index >= 15 is 0 Å². The molecule has 0 spiro atoms. The van der Waals surface area contributed by atoms with Crippen molar-refractivity contribution in [3.63, 3.8) is 0 Å². The number of anilines is 1. The molecule has 116 valence electrons. The van der Waals surface area contributed by atoms with Gasteiger partial charge >= 0.3 is 0 Å². The SMILES string of the molecule is O=C(C=Cc1ccco1)Nc1ccnn1Cc1cccc(Cl)c1. The second kappa shape index (κ2) is 6.98. The van der Waals surface area contributed by atoms with Gasteiger partial charge in [-0.25, -0.2) is 4.68 Å². The van der Waals surface area contributed by atoms with Crippen LogP contribution in [0.2, 0.25) is 5.02 Å². The van der Waals surface area contributed by atoms with Crippen molar-refractivity contribution in [2.24, 2.45) is 0 Å². The van der Waals surface area contributed by atoms with Gasteiger partial charge in [0.25, 0.3) is 0 Å². The number of hydrogen-bond acceptors (Lipinski definition) is 3. The van der Waals surface area contributed by atoms with Crippen LogP contribution in [-0.2, 0) is 11.3 Å². The van der Waals surface area contributed by atoms with Crippen molar-refractivity contribution >= 4 is 29.4 Å². The van der Waals surface area contributed by atoms with Crippen molar-refractivity contribution < 1.29 is 9.21 Å². The molecule has 1 N–H and O–H groups in total. The molecule has 3 rings (SSSR count). The maximum Gasteiger partial charge on any atom is 0.249 e. The summed E-state index contributed by atoms with van der Waals surface area (Å²) in [7, 11) is 0. The molecule has 0 aliphatic carbocycles. The van der Waals surface area contributed by atoms with Crippen LogP contribution in [0.5, 0.6) is 0 Å². The Labute approximate surface area is 138 Å². The Morgan fingerprint density at radius 2 is 2.22 bits per heavy atom. The average Bonchev–Trinajstić information content (AvgIpc) is 3.18. The highest BCUT2D eigenvalue weighted by atomic mass is 35.5. The van der Waals surface area contributed by atoms with Gasteiger partial charge in [0.2, 0.25) is 5.91 Å². The van der Waals surface area contributed by atoms with Crippen molar-refractivity contribution in [3.05, 3.63) is 77.3 Å². The summed E-state index contributed by atoms with van der Waals surface area (Å²) in [5.41, 5.74) is 1.00. The van der Waals surface area contributed by atoms with Gasteiger partial charge in [0.05, 0.1) is 19.0 Å². The van der Waals surface area contributed by atoms with E-state index in [0.717, 1.165) is 5.56 Å². The lowest BCUT2D eigenvalue weighted by molar-refractivity contribution is -0.111. The predicted octanol–water partition coefficient (Wildman–Crippen LogP) is 3.83. The average molecular weight is 328 g/mol. The van der Waals surface area contributed by atoms with Crippen molar-refractivity contribution in [2.75, 3.05) is 5.32 Å². The second-order valence-electron chi connectivity index (χ2n) is 4.84. The number of benzene rings is 1. The van der Waals surface area contributed by atoms with Gasteiger partial charge < -0.3 is 9.73 Å². The molecule has 0 radical (unpaired) electrons. The van der Waals surface area contributed by atoms with E-state index in [1.54, 1.807) is 41.4 Å². The standard InChI is InChI=1S/C17H14ClN3O2/c18-14-4-1-3-13(11-14)12-21-16(8-9-19-21)20-17(22)7-6-15-5-2-10-23-15/h1-11H,12H2,(H,20,22). The Hall–Kier alpha value is -2.79. The van der Waals surface area contributed by atoms with E-state index in [9.17, 15) is 4.79 Å². The van der Waals surface area contributed by atoms with E-state index in [1.807, 2.05) is 24.3 Å². The molecule has 1 aromatic carbocycles. The molecule has 5 nitrogen and oxygen atoms in total. The lowest BCUT2D eigenvalue weighted by atomic mass is 10.2. The predicted molar refractivity (Wildman–Crippen MR) is 89.2 cm³/mol. The first kappa shape index (κ1) is 15.1. The highest BCUT2D eigenvalue weighted by molar-refractivity contribution is 6.30. The van der Waals surface area contributed by atoms with Gasteiger partial charge in [0.15, 0.2) is 0 Å². The third-order valence-corrected chi connectivity index (χ3v) is 3.37. The summed E-state index contributed by atoms with van der Waals surface area (Å²) in [4.78, 5) is 12.0. The van der Waals surface area contributed by atoms with Crippen LogP contribution in [0.15, 0.2) is 65.4 Å². The zero-order valence-corrected chi connectivity index (χ0v) is 12.9. The Kier molecular flexibility index (Phi) is 4.59. The van der Waals surface area contributed by atoms with Crippen molar-refractivity contribution in [1.29, 1.82) is 0 Å². The first-order valence-electron chi connectivity index (χ1n) is 6.99. The van der Waals surface area contributed by atoms with Crippen molar-refractivity contribution in [2.45, 2.75) is 6.54 Å². The zero-order chi connectivity index (χ0) is 16.1. The maximum absolute atomic E-state index is 12.0. The normalized spacial score (nSPS) is 11.0. The summed E-state index contributed by atoms with van der Waals surface area (Å²) in [5.74, 6) is 0.973. The number of amides is 1. The number of nitrogens with one attached hydrogen (secondary N) is 1. The fraction of sp³-hybridized carbons (Fsp3) is 0.0588. The fourth-order valence-electron chi connectivity index (χ4n) is 2.08. The molecular weight excluding hydrogens is 314 g/mol. The fourth-order valence-corrected chi connectivity index (χ4v) is 2.30. The number of rotatable bonds is 5. The van der Waals surface area contributed by atoms with Gasteiger partial charge in [-0.3, -0.25) is 4.79 Å². The van der Waals surface area contributed by atoms with Gasteiger partial charge in [-0.05, 0) is 35.9 Å². The molecule has 0 unspecified atom stereocenters. The van der Waals surface area contributed by atoms with Crippen LogP contribution in [-0.4, -0.2) is 15.7 Å². The Balaban J connectivity index is 1.67. The highest BCUT2D eigenvalue weighted by Gasteiger charge is 2.06. The van der Waals surface area contributed by atoms with Crippen molar-refractivity contribution in [1.82, 2.24) is 9.78 Å². The number of aromatic nitrogens is 2. The summed E-state index contributed by atoms with van der Waals surface area (Å²) in [6.07, 6.45) is 6.20. The summed E-state index contributed by atoms with van der Waals surface area (Å²) < 4.78 is 6.83. The van der Waals surface area contributed by atoms with Crippen molar-refractivity contribution in [3.8, 4) is 0 Å². The smallest absolute Gasteiger partial charge is 0.249 e. The summed E-state index contributed by atoms with van der Waals surface area (Å²) in [5, 5.41) is 7.68. The molecule has 0 atom stereocenters. The van der Waals surface area contributed by atoms with E-state index < -0.39 is 0 Å². The second-order valence-corrected chi connectivity index (χ2v) is 5.28. The summed E-state index contributed by atoms with van der Waals surface area (Å²) in [6.45, 7) is 0.519. The van der Waals surface area contributed by atoms with Gasteiger partial charge in [0, 0.05) is 17.2 Å². The van der Waals surface area contributed by atoms with Gasteiger partial charge in [-0.15, -0.1) is 0 Å². The number of carbonyl (C=O) groups excluding carboxylic acids is 1. The molecule has 0 bridgehead atoms. The molecule has 23 heavy (non-hydrogen) atoms. The van der Waals surface area contributed by atoms with Crippen LogP contribution in [0.4, 0.5) is 5.82 Å². The molecule has 0 aliphatic rings. The van der Waals surface area contributed by atoms with E-state index in [1.165, 1.54) is 6.08 Å². The largest absolute Gasteiger partial charge is 0.465 e. The van der Waals surface area contributed by atoms with Crippen LogP contribution in [0, 0.1) is 0 Å². The van der Waals surface area contributed by atoms with Gasteiger partial charge in [-0.2, -0.15) is 5.10 Å². The van der Waals surface area contributed by atoms with Crippen LogP contribution in [0.3, 0.4) is 0 Å². The van der Waals surface area contributed by atoms with Crippen LogP contribution in [0.25, 0.3) is 6.08 Å². The minimum atomic E-state index is -0.255. The van der Waals surface area contributed by atoms with Gasteiger partial charge in [0.1, 0.15) is 11.6 Å². The molecule has 0 fully saturated rings.